The minimum Gasteiger partial charge on any atom is -0.491 e. The molecule has 13 nitrogen and oxygen atoms in total. The van der Waals surface area contributed by atoms with Gasteiger partial charge < -0.3 is 44.3 Å². The lowest BCUT2D eigenvalue weighted by molar-refractivity contribution is -0.140. The van der Waals surface area contributed by atoms with Gasteiger partial charge in [-0.1, -0.05) is 75.4 Å². The van der Waals surface area contributed by atoms with Crippen molar-refractivity contribution in [2.75, 3.05) is 77.9 Å². The summed E-state index contributed by atoms with van der Waals surface area (Å²) in [7, 11) is 0. The molecule has 0 saturated carbocycles. The van der Waals surface area contributed by atoms with E-state index < -0.39 is 18.1 Å². The molecule has 0 radical (unpaired) electrons. The van der Waals surface area contributed by atoms with Gasteiger partial charge in [-0.05, 0) is 83.9 Å². The molecule has 1 aliphatic rings. The first-order valence-electron chi connectivity index (χ1n) is 21.5. The number of likely N-dealkylation sites (tertiary alicyclic amines) is 1. The Morgan fingerprint density at radius 2 is 1.49 bits per heavy atom. The molecule has 1 fully saturated rings. The van der Waals surface area contributed by atoms with Gasteiger partial charge in [-0.2, -0.15) is 0 Å². The molecule has 13 heteroatoms. The number of rotatable bonds is 26. The van der Waals surface area contributed by atoms with Gasteiger partial charge in [-0.3, -0.25) is 14.4 Å². The third kappa shape index (κ3) is 15.7. The van der Waals surface area contributed by atoms with Crippen LogP contribution in [0, 0.1) is 12.3 Å². The number of nitrogens with one attached hydrogen (secondary N) is 2. The maximum absolute atomic E-state index is 13.6. The zero-order chi connectivity index (χ0) is 43.5. The van der Waals surface area contributed by atoms with E-state index in [0.717, 1.165) is 52.1 Å². The van der Waals surface area contributed by atoms with Gasteiger partial charge in [0.1, 0.15) is 24.2 Å². The minimum atomic E-state index is -1.03. The number of carbonyl (C=O) groups excluding carboxylic acids is 2. The van der Waals surface area contributed by atoms with Crippen LogP contribution >= 0.6 is 0 Å². The molecule has 3 aromatic carbocycles. The fourth-order valence-electron chi connectivity index (χ4n) is 7.16. The van der Waals surface area contributed by atoms with E-state index >= 15 is 0 Å². The lowest BCUT2D eigenvalue weighted by Gasteiger charge is -2.26. The van der Waals surface area contributed by atoms with Crippen LogP contribution in [-0.2, 0) is 33.3 Å². The number of aryl methyl sites for hydroxylation is 1. The second kappa shape index (κ2) is 24.4. The van der Waals surface area contributed by atoms with E-state index in [4.69, 9.17) is 23.7 Å². The molecule has 0 spiro atoms. The fraction of sp³-hybridized carbons (Fsp3) is 0.500. The molecule has 2 heterocycles. The van der Waals surface area contributed by atoms with E-state index in [0.29, 0.717) is 97.2 Å². The molecule has 2 atom stereocenters. The predicted molar refractivity (Wildman–Crippen MR) is 237 cm³/mol. The van der Waals surface area contributed by atoms with Gasteiger partial charge in [-0.25, -0.2) is 4.98 Å². The summed E-state index contributed by atoms with van der Waals surface area (Å²) in [5.41, 5.74) is 3.96. The zero-order valence-corrected chi connectivity index (χ0v) is 36.3. The van der Waals surface area contributed by atoms with Crippen molar-refractivity contribution in [2.45, 2.75) is 78.3 Å². The highest BCUT2D eigenvalue weighted by molar-refractivity contribution is 6.00. The SMILES string of the molecule is Cc1ccnc(NCCCC(=O)N2CCC[C@@H]2C(=O)N[C@@H](CC(=O)O)c2ccc(-c3ccc(OCCOCCOCCOCCOCCC(C)(C)C)c4ccccc34)cc2)c1. The number of ether oxygens (including phenoxy) is 5. The maximum Gasteiger partial charge on any atom is 0.305 e. The number of carboxylic acids is 1. The third-order valence-corrected chi connectivity index (χ3v) is 10.5. The van der Waals surface area contributed by atoms with Crippen LogP contribution in [0.4, 0.5) is 5.82 Å². The summed E-state index contributed by atoms with van der Waals surface area (Å²) >= 11 is 0. The highest BCUT2D eigenvalue weighted by Crippen LogP contribution is 2.35. The molecule has 0 aliphatic carbocycles. The molecule has 1 aliphatic heterocycles. The van der Waals surface area contributed by atoms with Crippen molar-refractivity contribution in [3.05, 3.63) is 90.1 Å². The van der Waals surface area contributed by atoms with Crippen molar-refractivity contribution in [3.8, 4) is 16.9 Å². The van der Waals surface area contributed by atoms with Crippen molar-refractivity contribution in [1.82, 2.24) is 15.2 Å². The molecule has 0 bridgehead atoms. The van der Waals surface area contributed by atoms with Gasteiger partial charge in [0.15, 0.2) is 0 Å². The molecule has 2 amide bonds. The Morgan fingerprint density at radius 3 is 2.15 bits per heavy atom. The Kier molecular flexibility index (Phi) is 18.8. The largest absolute Gasteiger partial charge is 0.491 e. The number of hydrogen-bond acceptors (Lipinski definition) is 10. The number of carboxylic acid groups (broad SMARTS) is 1. The van der Waals surface area contributed by atoms with Crippen molar-refractivity contribution in [3.63, 3.8) is 0 Å². The normalized spacial score (nSPS) is 14.6. The van der Waals surface area contributed by atoms with Crippen molar-refractivity contribution < 1.29 is 43.2 Å². The summed E-state index contributed by atoms with van der Waals surface area (Å²) in [6.07, 6.45) is 4.60. The van der Waals surface area contributed by atoms with Gasteiger partial charge in [0.2, 0.25) is 11.8 Å². The van der Waals surface area contributed by atoms with Crippen molar-refractivity contribution in [1.29, 1.82) is 0 Å². The Balaban J connectivity index is 1.07. The summed E-state index contributed by atoms with van der Waals surface area (Å²) in [5.74, 6) is 0.0476. The van der Waals surface area contributed by atoms with Crippen LogP contribution in [0.25, 0.3) is 21.9 Å². The summed E-state index contributed by atoms with van der Waals surface area (Å²) in [6.45, 7) is 14.3. The van der Waals surface area contributed by atoms with E-state index in [1.165, 1.54) is 0 Å². The summed E-state index contributed by atoms with van der Waals surface area (Å²) < 4.78 is 28.6. The highest BCUT2D eigenvalue weighted by atomic mass is 16.6. The summed E-state index contributed by atoms with van der Waals surface area (Å²) in [4.78, 5) is 44.7. The number of aliphatic carboxylic acids is 1. The van der Waals surface area contributed by atoms with Gasteiger partial charge in [0.05, 0.1) is 58.7 Å². The second-order valence-electron chi connectivity index (χ2n) is 16.5. The topological polar surface area (TPSA) is 158 Å². The first-order chi connectivity index (χ1) is 29.5. The van der Waals surface area contributed by atoms with Crippen LogP contribution in [-0.4, -0.2) is 111 Å². The summed E-state index contributed by atoms with van der Waals surface area (Å²) in [5, 5.41) is 18.0. The third-order valence-electron chi connectivity index (χ3n) is 10.5. The number of fused-ring (bicyclic) bond motifs is 1. The Hall–Kier alpha value is -5.08. The molecule has 61 heavy (non-hydrogen) atoms. The quantitative estimate of drug-likeness (QED) is 0.0535. The molecule has 330 valence electrons. The Labute approximate surface area is 360 Å². The highest BCUT2D eigenvalue weighted by Gasteiger charge is 2.35. The molecular formula is C48H64N4O9. The number of hydrogen-bond donors (Lipinski definition) is 3. The number of carbonyl (C=O) groups is 3. The minimum absolute atomic E-state index is 0.0875. The zero-order valence-electron chi connectivity index (χ0n) is 36.3. The molecule has 5 rings (SSSR count). The number of nitrogens with zero attached hydrogens (tertiary/aromatic N) is 2. The van der Waals surface area contributed by atoms with E-state index in [1.54, 1.807) is 11.1 Å². The molecular weight excluding hydrogens is 777 g/mol. The molecule has 1 aromatic heterocycles. The lowest BCUT2D eigenvalue weighted by Crippen LogP contribution is -2.47. The molecule has 3 N–H and O–H groups in total. The predicted octanol–water partition coefficient (Wildman–Crippen LogP) is 7.61. The van der Waals surface area contributed by atoms with Gasteiger partial charge in [0, 0.05) is 37.7 Å². The van der Waals surface area contributed by atoms with Crippen LogP contribution in [0.2, 0.25) is 0 Å². The van der Waals surface area contributed by atoms with E-state index in [-0.39, 0.29) is 23.7 Å². The molecule has 4 aromatic rings. The number of amides is 2. The number of benzene rings is 3. The van der Waals surface area contributed by atoms with Crippen LogP contribution in [0.5, 0.6) is 5.75 Å². The number of aromatic nitrogens is 1. The van der Waals surface area contributed by atoms with Crippen molar-refractivity contribution >= 4 is 34.4 Å². The maximum atomic E-state index is 13.6. The first kappa shape index (κ1) is 47.0. The first-order valence-corrected chi connectivity index (χ1v) is 21.5. The Bertz CT molecular complexity index is 1980. The fourth-order valence-corrected chi connectivity index (χ4v) is 7.16. The lowest BCUT2D eigenvalue weighted by atomic mass is 9.93. The molecule has 0 unspecified atom stereocenters. The smallest absolute Gasteiger partial charge is 0.305 e. The van der Waals surface area contributed by atoms with Gasteiger partial charge >= 0.3 is 5.97 Å². The van der Waals surface area contributed by atoms with Crippen LogP contribution in [0.15, 0.2) is 79.0 Å². The van der Waals surface area contributed by atoms with Gasteiger partial charge in [0.25, 0.3) is 0 Å². The van der Waals surface area contributed by atoms with Crippen LogP contribution in [0.1, 0.15) is 76.5 Å². The monoisotopic (exact) mass is 840 g/mol. The standard InChI is InChI=1S/C48H64N4O9/c1-35-19-22-50-44(33-35)49-21-7-12-45(53)52-23-8-11-42(52)47(56)51-41(34-46(54)55)37-15-13-36(14-16-37)38-17-18-43(40-10-6-5-9-39(38)40)61-32-31-60-30-29-59-28-27-58-26-25-57-24-20-48(2,3)4/h5-6,9-10,13-19,22,33,41-42H,7-8,11-12,20-21,23-32,34H2,1-4H3,(H,49,50)(H,51,56)(H,54,55)/t41-,42+/m0/s1. The number of pyridine rings is 1. The van der Waals surface area contributed by atoms with E-state index in [2.05, 4.69) is 36.4 Å². The Morgan fingerprint density at radius 1 is 0.836 bits per heavy atom. The van der Waals surface area contributed by atoms with Crippen LogP contribution < -0.4 is 15.4 Å². The second-order valence-corrected chi connectivity index (χ2v) is 16.5. The van der Waals surface area contributed by atoms with Crippen molar-refractivity contribution in [2.24, 2.45) is 5.41 Å². The average Bonchev–Trinajstić information content (AvgIpc) is 3.74. The van der Waals surface area contributed by atoms with Gasteiger partial charge in [-0.15, -0.1) is 0 Å². The average molecular weight is 841 g/mol. The molecule has 1 saturated heterocycles. The van der Waals surface area contributed by atoms with Crippen LogP contribution in [0.3, 0.4) is 0 Å². The van der Waals surface area contributed by atoms with E-state index in [1.807, 2.05) is 79.7 Å². The van der Waals surface area contributed by atoms with E-state index in [9.17, 15) is 19.5 Å². The number of anilines is 1. The summed E-state index contributed by atoms with van der Waals surface area (Å²) in [6, 6.07) is 22.0.